The standard InChI is InChI=1S/C20H19ClF3N3O4/c1-8-14(19(30)25-9-6-10(22)16(24)11(23)7-9)15(21)17(27(8)2)18(29)20(31)26-12-4-3-5-13(12)28/h6-7,12-13,28H,3-5H2,1-2H3,(H,25,30)(H,26,31)/t12?,13-/m0/s1. The summed E-state index contributed by atoms with van der Waals surface area (Å²) in [4.78, 5) is 37.7. The van der Waals surface area contributed by atoms with Gasteiger partial charge in [0.25, 0.3) is 17.6 Å². The van der Waals surface area contributed by atoms with Crippen molar-refractivity contribution in [2.75, 3.05) is 5.32 Å². The number of anilines is 1. The molecule has 1 aliphatic carbocycles. The number of aromatic nitrogens is 1. The van der Waals surface area contributed by atoms with E-state index in [0.717, 1.165) is 0 Å². The largest absolute Gasteiger partial charge is 0.391 e. The van der Waals surface area contributed by atoms with Gasteiger partial charge in [0.2, 0.25) is 0 Å². The minimum Gasteiger partial charge on any atom is -0.391 e. The Hall–Kier alpha value is -2.85. The molecule has 0 spiro atoms. The van der Waals surface area contributed by atoms with Crippen molar-refractivity contribution in [3.05, 3.63) is 51.6 Å². The Morgan fingerprint density at radius 3 is 2.32 bits per heavy atom. The number of aliphatic hydroxyl groups excluding tert-OH is 1. The Morgan fingerprint density at radius 1 is 1.16 bits per heavy atom. The minimum atomic E-state index is -1.68. The van der Waals surface area contributed by atoms with Crippen molar-refractivity contribution in [2.24, 2.45) is 7.05 Å². The van der Waals surface area contributed by atoms with Crippen molar-refractivity contribution in [3.8, 4) is 0 Å². The maximum Gasteiger partial charge on any atom is 0.294 e. The Balaban J connectivity index is 1.86. The third kappa shape index (κ3) is 4.31. The van der Waals surface area contributed by atoms with E-state index in [9.17, 15) is 32.7 Å². The van der Waals surface area contributed by atoms with E-state index in [0.29, 0.717) is 31.4 Å². The summed E-state index contributed by atoms with van der Waals surface area (Å²) in [6.45, 7) is 1.46. The molecule has 11 heteroatoms. The Morgan fingerprint density at radius 2 is 1.77 bits per heavy atom. The van der Waals surface area contributed by atoms with Gasteiger partial charge in [-0.15, -0.1) is 0 Å². The first kappa shape index (κ1) is 22.8. The molecule has 3 N–H and O–H groups in total. The first-order valence-corrected chi connectivity index (χ1v) is 9.74. The van der Waals surface area contributed by atoms with Gasteiger partial charge in [0.15, 0.2) is 17.5 Å². The summed E-state index contributed by atoms with van der Waals surface area (Å²) in [5.41, 5.74) is -0.596. The molecule has 2 amide bonds. The number of benzene rings is 1. The van der Waals surface area contributed by atoms with Crippen LogP contribution in [0.1, 0.15) is 45.8 Å². The Bertz CT molecular complexity index is 1060. The lowest BCUT2D eigenvalue weighted by Gasteiger charge is -2.16. The molecule has 7 nitrogen and oxygen atoms in total. The molecule has 2 atom stereocenters. The van der Waals surface area contributed by atoms with E-state index in [-0.39, 0.29) is 27.7 Å². The number of nitrogens with one attached hydrogen (secondary N) is 2. The average Bonchev–Trinajstić information content (AvgIpc) is 3.19. The van der Waals surface area contributed by atoms with Gasteiger partial charge >= 0.3 is 0 Å². The van der Waals surface area contributed by atoms with Crippen molar-refractivity contribution in [1.29, 1.82) is 0 Å². The minimum absolute atomic E-state index is 0.189. The number of nitrogens with zero attached hydrogens (tertiary/aromatic N) is 1. The molecule has 31 heavy (non-hydrogen) atoms. The average molecular weight is 458 g/mol. The summed E-state index contributed by atoms with van der Waals surface area (Å²) in [5.74, 6) is -7.57. The molecule has 1 aromatic heterocycles. The molecule has 3 rings (SSSR count). The maximum atomic E-state index is 13.4. The van der Waals surface area contributed by atoms with Gasteiger partial charge < -0.3 is 20.3 Å². The second kappa shape index (κ2) is 8.72. The predicted molar refractivity (Wildman–Crippen MR) is 106 cm³/mol. The lowest BCUT2D eigenvalue weighted by atomic mass is 10.1. The third-order valence-electron chi connectivity index (χ3n) is 5.31. The van der Waals surface area contributed by atoms with E-state index in [2.05, 4.69) is 10.6 Å². The molecule has 1 saturated carbocycles. The monoisotopic (exact) mass is 457 g/mol. The highest BCUT2D eigenvalue weighted by Gasteiger charge is 2.33. The van der Waals surface area contributed by atoms with Crippen LogP contribution in [0.5, 0.6) is 0 Å². The normalized spacial score (nSPS) is 18.2. The molecule has 0 radical (unpaired) electrons. The molecule has 1 heterocycles. The van der Waals surface area contributed by atoms with Gasteiger partial charge in [-0.2, -0.15) is 0 Å². The van der Waals surface area contributed by atoms with Crippen molar-refractivity contribution < 1.29 is 32.7 Å². The van der Waals surface area contributed by atoms with E-state index < -0.39 is 47.2 Å². The fraction of sp³-hybridized carbons (Fsp3) is 0.350. The van der Waals surface area contributed by atoms with E-state index >= 15 is 0 Å². The van der Waals surface area contributed by atoms with E-state index in [4.69, 9.17) is 11.6 Å². The highest BCUT2D eigenvalue weighted by molar-refractivity contribution is 6.48. The van der Waals surface area contributed by atoms with Gasteiger partial charge in [-0.05, 0) is 26.2 Å². The smallest absolute Gasteiger partial charge is 0.294 e. The quantitative estimate of drug-likeness (QED) is 0.365. The summed E-state index contributed by atoms with van der Waals surface area (Å²) in [6, 6.07) is 0.631. The highest BCUT2D eigenvalue weighted by atomic mass is 35.5. The Kier molecular flexibility index (Phi) is 6.42. The van der Waals surface area contributed by atoms with E-state index in [1.54, 1.807) is 0 Å². The zero-order chi connectivity index (χ0) is 23.0. The van der Waals surface area contributed by atoms with Gasteiger partial charge in [0.1, 0.15) is 5.69 Å². The number of hydrogen-bond acceptors (Lipinski definition) is 4. The first-order chi connectivity index (χ1) is 14.5. The lowest BCUT2D eigenvalue weighted by Crippen LogP contribution is -2.43. The molecule has 1 aromatic carbocycles. The maximum absolute atomic E-state index is 13.4. The van der Waals surface area contributed by atoms with Gasteiger partial charge in [0, 0.05) is 30.6 Å². The second-order valence-electron chi connectivity index (χ2n) is 7.30. The highest BCUT2D eigenvalue weighted by Crippen LogP contribution is 2.29. The van der Waals surface area contributed by atoms with Crippen LogP contribution >= 0.6 is 11.6 Å². The topological polar surface area (TPSA) is 100 Å². The van der Waals surface area contributed by atoms with Gasteiger partial charge in [-0.3, -0.25) is 14.4 Å². The fourth-order valence-electron chi connectivity index (χ4n) is 3.55. The van der Waals surface area contributed by atoms with Crippen LogP contribution in [0.4, 0.5) is 18.9 Å². The molecule has 0 bridgehead atoms. The second-order valence-corrected chi connectivity index (χ2v) is 7.68. The molecule has 0 aliphatic heterocycles. The summed E-state index contributed by atoms with van der Waals surface area (Å²) in [5, 5.41) is 14.2. The van der Waals surface area contributed by atoms with Crippen LogP contribution in [-0.4, -0.2) is 39.4 Å². The number of carbonyl (C=O) groups is 3. The van der Waals surface area contributed by atoms with Crippen molar-refractivity contribution in [3.63, 3.8) is 0 Å². The van der Waals surface area contributed by atoms with Crippen LogP contribution in [0.25, 0.3) is 0 Å². The first-order valence-electron chi connectivity index (χ1n) is 9.36. The number of carbonyl (C=O) groups excluding carboxylic acids is 3. The number of aliphatic hydroxyl groups is 1. The zero-order valence-corrected chi connectivity index (χ0v) is 17.3. The number of halogens is 4. The SMILES string of the molecule is Cc1c(C(=O)Nc2cc(F)c(F)c(F)c2)c(Cl)c(C(=O)C(=O)NC2CCC[C@@H]2O)n1C. The lowest BCUT2D eigenvalue weighted by molar-refractivity contribution is -0.118. The van der Waals surface area contributed by atoms with E-state index in [1.165, 1.54) is 18.5 Å². The zero-order valence-electron chi connectivity index (χ0n) is 16.6. The predicted octanol–water partition coefficient (Wildman–Crippen LogP) is 2.87. The number of Topliss-reactive ketones (excluding diaryl/α,β-unsaturated/α-hetero) is 1. The summed E-state index contributed by atoms with van der Waals surface area (Å²) >= 11 is 6.23. The molecule has 166 valence electrons. The molecule has 1 aliphatic rings. The van der Waals surface area contributed by atoms with Gasteiger partial charge in [-0.1, -0.05) is 11.6 Å². The third-order valence-corrected chi connectivity index (χ3v) is 5.68. The molecular formula is C20H19ClF3N3O4. The van der Waals surface area contributed by atoms with Crippen LogP contribution in [0.15, 0.2) is 12.1 Å². The van der Waals surface area contributed by atoms with Gasteiger partial charge in [0.05, 0.1) is 22.7 Å². The van der Waals surface area contributed by atoms with Crippen LogP contribution in [0.2, 0.25) is 5.02 Å². The molecule has 1 unspecified atom stereocenters. The number of hydrogen-bond donors (Lipinski definition) is 3. The fourth-order valence-corrected chi connectivity index (χ4v) is 3.98. The van der Waals surface area contributed by atoms with Crippen LogP contribution in [-0.2, 0) is 11.8 Å². The summed E-state index contributed by atoms with van der Waals surface area (Å²) < 4.78 is 41.2. The number of rotatable bonds is 5. The summed E-state index contributed by atoms with van der Waals surface area (Å²) in [7, 11) is 1.42. The van der Waals surface area contributed by atoms with Crippen LogP contribution in [0, 0.1) is 24.4 Å². The van der Waals surface area contributed by atoms with Crippen molar-refractivity contribution in [1.82, 2.24) is 9.88 Å². The molecule has 0 saturated heterocycles. The van der Waals surface area contributed by atoms with E-state index in [1.807, 2.05) is 0 Å². The van der Waals surface area contributed by atoms with Crippen LogP contribution in [0.3, 0.4) is 0 Å². The summed E-state index contributed by atoms with van der Waals surface area (Å²) in [6.07, 6.45) is 0.996. The van der Waals surface area contributed by atoms with Crippen molar-refractivity contribution in [2.45, 2.75) is 38.3 Å². The molecule has 1 fully saturated rings. The number of ketones is 1. The van der Waals surface area contributed by atoms with Crippen molar-refractivity contribution >= 4 is 34.9 Å². The van der Waals surface area contributed by atoms with Crippen LogP contribution < -0.4 is 10.6 Å². The van der Waals surface area contributed by atoms with Gasteiger partial charge in [-0.25, -0.2) is 13.2 Å². The molecule has 2 aromatic rings. The number of amides is 2. The molecular weight excluding hydrogens is 439 g/mol. The Labute approximate surface area is 180 Å².